The highest BCUT2D eigenvalue weighted by Crippen LogP contribution is 2.26. The molecule has 0 saturated carbocycles. The van der Waals surface area contributed by atoms with Gasteiger partial charge in [-0.2, -0.15) is 0 Å². The number of halogens is 1. The van der Waals surface area contributed by atoms with E-state index >= 15 is 0 Å². The minimum Gasteiger partial charge on any atom is -0.494 e. The predicted molar refractivity (Wildman–Crippen MR) is 84.1 cm³/mol. The van der Waals surface area contributed by atoms with Gasteiger partial charge in [-0.05, 0) is 36.7 Å². The quantitative estimate of drug-likeness (QED) is 0.819. The van der Waals surface area contributed by atoms with Crippen molar-refractivity contribution in [1.29, 1.82) is 0 Å². The average molecular weight is 287 g/mol. The van der Waals surface area contributed by atoms with Gasteiger partial charge in [0, 0.05) is 5.56 Å². The molecule has 2 aromatic carbocycles. The van der Waals surface area contributed by atoms with Crippen molar-refractivity contribution in [3.8, 4) is 5.75 Å². The van der Waals surface area contributed by atoms with Crippen molar-refractivity contribution in [2.24, 2.45) is 0 Å². The Hall–Kier alpha value is -1.87. The summed E-state index contributed by atoms with van der Waals surface area (Å²) in [7, 11) is 0. The molecule has 0 saturated heterocycles. The minimum atomic E-state index is -0.185. The van der Waals surface area contributed by atoms with Gasteiger partial charge in [0.25, 0.3) is 0 Å². The molecule has 1 atom stereocenters. The monoisotopic (exact) mass is 287 g/mol. The van der Waals surface area contributed by atoms with Crippen LogP contribution < -0.4 is 10.1 Å². The van der Waals surface area contributed by atoms with Crippen molar-refractivity contribution in [1.82, 2.24) is 5.32 Å². The first-order chi connectivity index (χ1) is 10.3. The highest BCUT2D eigenvalue weighted by Gasteiger charge is 2.16. The summed E-state index contributed by atoms with van der Waals surface area (Å²) in [5.74, 6) is 0.666. The molecule has 0 aliphatic rings. The molecule has 2 aromatic rings. The Balaban J connectivity index is 2.24. The number of hydrogen-bond donors (Lipinski definition) is 1. The molecule has 0 radical (unpaired) electrons. The molecule has 1 N–H and O–H groups in total. The van der Waals surface area contributed by atoms with E-state index in [9.17, 15) is 4.39 Å². The lowest BCUT2D eigenvalue weighted by Gasteiger charge is -2.20. The van der Waals surface area contributed by atoms with Gasteiger partial charge in [-0.25, -0.2) is 4.39 Å². The Morgan fingerprint density at radius 1 is 1.05 bits per heavy atom. The maximum absolute atomic E-state index is 14.0. The number of ether oxygens (including phenoxy) is 1. The summed E-state index contributed by atoms with van der Waals surface area (Å²) in [6.07, 6.45) is 0.983. The van der Waals surface area contributed by atoms with Crippen LogP contribution in [-0.2, 0) is 0 Å². The molecule has 0 amide bonds. The molecule has 0 aliphatic heterocycles. The molecular weight excluding hydrogens is 265 g/mol. The van der Waals surface area contributed by atoms with Gasteiger partial charge >= 0.3 is 0 Å². The highest BCUT2D eigenvalue weighted by atomic mass is 19.1. The van der Waals surface area contributed by atoms with Crippen molar-refractivity contribution < 1.29 is 9.13 Å². The van der Waals surface area contributed by atoms with Gasteiger partial charge in [-0.15, -0.1) is 0 Å². The molecule has 2 rings (SSSR count). The van der Waals surface area contributed by atoms with E-state index in [1.165, 1.54) is 6.07 Å². The Labute approximate surface area is 126 Å². The van der Waals surface area contributed by atoms with Crippen LogP contribution in [0.1, 0.15) is 37.4 Å². The van der Waals surface area contributed by atoms with Crippen molar-refractivity contribution in [2.75, 3.05) is 13.2 Å². The Morgan fingerprint density at radius 2 is 1.76 bits per heavy atom. The van der Waals surface area contributed by atoms with E-state index in [0.29, 0.717) is 12.2 Å². The zero-order chi connectivity index (χ0) is 15.1. The fraction of sp³-hybridized carbons (Fsp3) is 0.333. The third-order valence-corrected chi connectivity index (χ3v) is 3.31. The Morgan fingerprint density at radius 3 is 2.38 bits per heavy atom. The summed E-state index contributed by atoms with van der Waals surface area (Å²) < 4.78 is 19.6. The van der Waals surface area contributed by atoms with Crippen molar-refractivity contribution in [3.05, 3.63) is 65.5 Å². The maximum Gasteiger partial charge on any atom is 0.128 e. The molecule has 2 nitrogen and oxygen atoms in total. The molecule has 0 aliphatic carbocycles. The van der Waals surface area contributed by atoms with Crippen LogP contribution in [-0.4, -0.2) is 13.2 Å². The second kappa shape index (κ2) is 7.79. The van der Waals surface area contributed by atoms with E-state index in [4.69, 9.17) is 4.74 Å². The van der Waals surface area contributed by atoms with Gasteiger partial charge in [0.1, 0.15) is 11.6 Å². The number of rotatable bonds is 7. The molecule has 21 heavy (non-hydrogen) atoms. The molecular formula is C18H22FNO. The van der Waals surface area contributed by atoms with Crippen LogP contribution in [0.25, 0.3) is 0 Å². The molecule has 0 bridgehead atoms. The first-order valence-corrected chi connectivity index (χ1v) is 7.46. The number of nitrogens with one attached hydrogen (secondary N) is 1. The molecule has 1 unspecified atom stereocenters. The zero-order valence-corrected chi connectivity index (χ0v) is 12.6. The van der Waals surface area contributed by atoms with Crippen LogP contribution >= 0.6 is 0 Å². The van der Waals surface area contributed by atoms with Gasteiger partial charge in [-0.1, -0.05) is 44.2 Å². The lowest BCUT2D eigenvalue weighted by atomic mass is 9.98. The lowest BCUT2D eigenvalue weighted by Crippen LogP contribution is -2.22. The third-order valence-electron chi connectivity index (χ3n) is 3.31. The first kappa shape index (κ1) is 15.5. The molecule has 3 heteroatoms. The molecule has 112 valence electrons. The molecule has 0 spiro atoms. The lowest BCUT2D eigenvalue weighted by molar-refractivity contribution is 0.317. The summed E-state index contributed by atoms with van der Waals surface area (Å²) >= 11 is 0. The minimum absolute atomic E-state index is 0.142. The average Bonchev–Trinajstić information content (AvgIpc) is 2.52. The summed E-state index contributed by atoms with van der Waals surface area (Å²) in [4.78, 5) is 0. The largest absolute Gasteiger partial charge is 0.494 e. The summed E-state index contributed by atoms with van der Waals surface area (Å²) in [5.41, 5.74) is 1.70. The van der Waals surface area contributed by atoms with Crippen molar-refractivity contribution >= 4 is 0 Å². The second-order valence-electron chi connectivity index (χ2n) is 4.93. The third kappa shape index (κ3) is 4.05. The van der Waals surface area contributed by atoms with Crippen molar-refractivity contribution in [2.45, 2.75) is 26.3 Å². The Bertz CT molecular complexity index is 553. The first-order valence-electron chi connectivity index (χ1n) is 7.46. The normalized spacial score (nSPS) is 12.1. The fourth-order valence-electron chi connectivity index (χ4n) is 2.30. The topological polar surface area (TPSA) is 21.3 Å². The van der Waals surface area contributed by atoms with Gasteiger partial charge in [0.2, 0.25) is 0 Å². The zero-order valence-electron chi connectivity index (χ0n) is 12.6. The highest BCUT2D eigenvalue weighted by molar-refractivity contribution is 5.36. The predicted octanol–water partition coefficient (Wildman–Crippen LogP) is 4.31. The Kier molecular flexibility index (Phi) is 5.76. The summed E-state index contributed by atoms with van der Waals surface area (Å²) in [6.45, 7) is 5.58. The van der Waals surface area contributed by atoms with Crippen LogP contribution in [0.3, 0.4) is 0 Å². The van der Waals surface area contributed by atoms with Crippen LogP contribution in [0.4, 0.5) is 4.39 Å². The van der Waals surface area contributed by atoms with E-state index in [1.54, 1.807) is 6.07 Å². The number of hydrogen-bond acceptors (Lipinski definition) is 2. The summed E-state index contributed by atoms with van der Waals surface area (Å²) in [5, 5.41) is 3.34. The molecule has 0 heterocycles. The van der Waals surface area contributed by atoms with Crippen LogP contribution in [0.5, 0.6) is 5.75 Å². The molecule has 0 aromatic heterocycles. The summed E-state index contributed by atoms with van der Waals surface area (Å²) in [6, 6.07) is 14.6. The SMILES string of the molecule is CCCOc1ccc(C(NCC)c2ccccc2F)cc1. The van der Waals surface area contributed by atoms with Crippen LogP contribution in [0.2, 0.25) is 0 Å². The van der Waals surface area contributed by atoms with E-state index in [1.807, 2.05) is 43.3 Å². The standard InChI is InChI=1S/C18H22FNO/c1-3-13-21-15-11-9-14(10-12-15)18(20-4-2)16-7-5-6-8-17(16)19/h5-12,18,20H,3-4,13H2,1-2H3. The fourth-order valence-corrected chi connectivity index (χ4v) is 2.30. The van der Waals surface area contributed by atoms with Crippen LogP contribution in [0.15, 0.2) is 48.5 Å². The van der Waals surface area contributed by atoms with E-state index in [2.05, 4.69) is 12.2 Å². The van der Waals surface area contributed by atoms with E-state index in [-0.39, 0.29) is 11.9 Å². The van der Waals surface area contributed by atoms with E-state index in [0.717, 1.165) is 24.3 Å². The van der Waals surface area contributed by atoms with Crippen LogP contribution in [0, 0.1) is 5.82 Å². The van der Waals surface area contributed by atoms with Crippen molar-refractivity contribution in [3.63, 3.8) is 0 Å². The number of benzene rings is 2. The van der Waals surface area contributed by atoms with Gasteiger partial charge in [0.15, 0.2) is 0 Å². The van der Waals surface area contributed by atoms with E-state index < -0.39 is 0 Å². The maximum atomic E-state index is 14.0. The smallest absolute Gasteiger partial charge is 0.128 e. The second-order valence-corrected chi connectivity index (χ2v) is 4.93. The van der Waals surface area contributed by atoms with Gasteiger partial charge in [-0.3, -0.25) is 0 Å². The van der Waals surface area contributed by atoms with Gasteiger partial charge in [0.05, 0.1) is 12.6 Å². The van der Waals surface area contributed by atoms with Gasteiger partial charge < -0.3 is 10.1 Å². The molecule has 0 fully saturated rings.